The van der Waals surface area contributed by atoms with E-state index in [-0.39, 0.29) is 0 Å². The molecule has 0 saturated carbocycles. The molecule has 2 rings (SSSR count). The van der Waals surface area contributed by atoms with Crippen molar-refractivity contribution in [1.82, 2.24) is 5.32 Å². The molecule has 94 valence electrons. The van der Waals surface area contributed by atoms with Gasteiger partial charge in [-0.15, -0.1) is 0 Å². The Morgan fingerprint density at radius 3 is 3.00 bits per heavy atom. The molecule has 17 heavy (non-hydrogen) atoms. The lowest BCUT2D eigenvalue weighted by Crippen LogP contribution is -2.33. The van der Waals surface area contributed by atoms with Gasteiger partial charge in [0.1, 0.15) is 0 Å². The van der Waals surface area contributed by atoms with Gasteiger partial charge in [-0.25, -0.2) is 0 Å². The number of hydrogen-bond donors (Lipinski definition) is 1. The van der Waals surface area contributed by atoms with Gasteiger partial charge in [-0.3, -0.25) is 0 Å². The van der Waals surface area contributed by atoms with Gasteiger partial charge in [-0.1, -0.05) is 22.9 Å². The second-order valence-corrected chi connectivity index (χ2v) is 5.73. The molecule has 1 saturated heterocycles. The highest BCUT2D eigenvalue weighted by molar-refractivity contribution is 9.10. The molecule has 0 amide bonds. The maximum atomic E-state index is 3.61. The third-order valence-electron chi connectivity index (χ3n) is 3.37. The van der Waals surface area contributed by atoms with E-state index in [9.17, 15) is 0 Å². The van der Waals surface area contributed by atoms with E-state index in [1.807, 2.05) is 0 Å². The minimum Gasteiger partial charge on any atom is -0.370 e. The highest BCUT2D eigenvalue weighted by Crippen LogP contribution is 2.26. The number of hydrogen-bond acceptors (Lipinski definition) is 2. The Hall–Kier alpha value is -0.540. The molecule has 1 heterocycles. The molecule has 3 heteroatoms. The van der Waals surface area contributed by atoms with E-state index < -0.39 is 0 Å². The first-order valence-electron chi connectivity index (χ1n) is 6.45. The summed E-state index contributed by atoms with van der Waals surface area (Å²) in [6, 6.07) is 7.22. The summed E-state index contributed by atoms with van der Waals surface area (Å²) in [5.41, 5.74) is 2.74. The number of halogens is 1. The number of rotatable bonds is 4. The van der Waals surface area contributed by atoms with E-state index >= 15 is 0 Å². The number of nitrogens with zero attached hydrogens (tertiary/aromatic N) is 1. The summed E-state index contributed by atoms with van der Waals surface area (Å²) in [6.45, 7) is 7.86. The lowest BCUT2D eigenvalue weighted by atomic mass is 10.2. The topological polar surface area (TPSA) is 15.3 Å². The SMILES string of the molecule is CCCNC1CCN(c2ccc(Br)cc2C)C1. The summed E-state index contributed by atoms with van der Waals surface area (Å²) >= 11 is 3.52. The molecule has 1 aromatic carbocycles. The van der Waals surface area contributed by atoms with Crippen molar-refractivity contribution in [2.75, 3.05) is 24.5 Å². The quantitative estimate of drug-likeness (QED) is 0.917. The summed E-state index contributed by atoms with van der Waals surface area (Å²) in [5, 5.41) is 3.61. The fourth-order valence-electron chi connectivity index (χ4n) is 2.47. The summed E-state index contributed by atoms with van der Waals surface area (Å²) in [6.07, 6.45) is 2.48. The molecule has 1 aliphatic rings. The van der Waals surface area contributed by atoms with Crippen molar-refractivity contribution in [2.45, 2.75) is 32.7 Å². The normalized spacial score (nSPS) is 19.9. The summed E-state index contributed by atoms with van der Waals surface area (Å²) in [5.74, 6) is 0. The summed E-state index contributed by atoms with van der Waals surface area (Å²) in [7, 11) is 0. The zero-order valence-electron chi connectivity index (χ0n) is 10.7. The van der Waals surface area contributed by atoms with Crippen LogP contribution in [0.5, 0.6) is 0 Å². The average molecular weight is 297 g/mol. The second-order valence-electron chi connectivity index (χ2n) is 4.82. The van der Waals surface area contributed by atoms with Gasteiger partial charge in [-0.05, 0) is 50.1 Å². The highest BCUT2D eigenvalue weighted by Gasteiger charge is 2.22. The summed E-state index contributed by atoms with van der Waals surface area (Å²) in [4.78, 5) is 2.50. The molecule has 0 aliphatic carbocycles. The van der Waals surface area contributed by atoms with Gasteiger partial charge < -0.3 is 10.2 Å². The van der Waals surface area contributed by atoms with E-state index in [4.69, 9.17) is 0 Å². The van der Waals surface area contributed by atoms with Gasteiger partial charge in [0.25, 0.3) is 0 Å². The van der Waals surface area contributed by atoms with Crippen LogP contribution in [0.1, 0.15) is 25.3 Å². The van der Waals surface area contributed by atoms with Crippen LogP contribution in [0.4, 0.5) is 5.69 Å². The van der Waals surface area contributed by atoms with Crippen LogP contribution in [0.3, 0.4) is 0 Å². The molecule has 0 radical (unpaired) electrons. The zero-order valence-corrected chi connectivity index (χ0v) is 12.3. The first-order chi connectivity index (χ1) is 8.20. The molecule has 1 aliphatic heterocycles. The van der Waals surface area contributed by atoms with Crippen molar-refractivity contribution in [3.63, 3.8) is 0 Å². The van der Waals surface area contributed by atoms with Crippen molar-refractivity contribution >= 4 is 21.6 Å². The van der Waals surface area contributed by atoms with Gasteiger partial charge in [0, 0.05) is 29.3 Å². The molecule has 0 aromatic heterocycles. The zero-order chi connectivity index (χ0) is 12.3. The standard InChI is InChI=1S/C14H21BrN2/c1-3-7-16-13-6-8-17(10-13)14-5-4-12(15)9-11(14)2/h4-5,9,13,16H,3,6-8,10H2,1-2H3. The lowest BCUT2D eigenvalue weighted by molar-refractivity contribution is 0.549. The summed E-state index contributed by atoms with van der Waals surface area (Å²) < 4.78 is 1.17. The Morgan fingerprint density at radius 2 is 2.29 bits per heavy atom. The van der Waals surface area contributed by atoms with E-state index in [2.05, 4.69) is 58.2 Å². The van der Waals surface area contributed by atoms with Crippen LogP contribution >= 0.6 is 15.9 Å². The van der Waals surface area contributed by atoms with Crippen molar-refractivity contribution in [1.29, 1.82) is 0 Å². The molecular formula is C14H21BrN2. The van der Waals surface area contributed by atoms with E-state index in [1.54, 1.807) is 0 Å². The number of benzene rings is 1. The minimum atomic E-state index is 0.665. The fourth-order valence-corrected chi connectivity index (χ4v) is 2.94. The van der Waals surface area contributed by atoms with Gasteiger partial charge in [-0.2, -0.15) is 0 Å². The molecule has 0 bridgehead atoms. The molecule has 1 atom stereocenters. The van der Waals surface area contributed by atoms with Crippen molar-refractivity contribution in [2.24, 2.45) is 0 Å². The van der Waals surface area contributed by atoms with E-state index in [0.29, 0.717) is 6.04 Å². The van der Waals surface area contributed by atoms with Crippen LogP contribution in [-0.2, 0) is 0 Å². The van der Waals surface area contributed by atoms with Gasteiger partial charge >= 0.3 is 0 Å². The smallest absolute Gasteiger partial charge is 0.0397 e. The Bertz CT molecular complexity index is 378. The molecule has 1 fully saturated rings. The van der Waals surface area contributed by atoms with Crippen LogP contribution in [0.25, 0.3) is 0 Å². The molecule has 1 aromatic rings. The van der Waals surface area contributed by atoms with Crippen molar-refractivity contribution in [3.05, 3.63) is 28.2 Å². The molecule has 2 nitrogen and oxygen atoms in total. The molecular weight excluding hydrogens is 276 g/mol. The second kappa shape index (κ2) is 5.87. The Balaban J connectivity index is 2.00. The van der Waals surface area contributed by atoms with Crippen LogP contribution in [0.2, 0.25) is 0 Å². The highest BCUT2D eigenvalue weighted by atomic mass is 79.9. The largest absolute Gasteiger partial charge is 0.370 e. The Labute approximate surface area is 113 Å². The maximum Gasteiger partial charge on any atom is 0.0397 e. The predicted octanol–water partition coefficient (Wildman–Crippen LogP) is 3.34. The van der Waals surface area contributed by atoms with Gasteiger partial charge in [0.05, 0.1) is 0 Å². The first kappa shape index (κ1) is 12.9. The van der Waals surface area contributed by atoms with E-state index in [0.717, 1.165) is 13.1 Å². The Morgan fingerprint density at radius 1 is 1.47 bits per heavy atom. The third kappa shape index (κ3) is 3.23. The predicted molar refractivity (Wildman–Crippen MR) is 77.8 cm³/mol. The monoisotopic (exact) mass is 296 g/mol. The number of nitrogens with one attached hydrogen (secondary N) is 1. The number of anilines is 1. The maximum absolute atomic E-state index is 3.61. The fraction of sp³-hybridized carbons (Fsp3) is 0.571. The number of aryl methyl sites for hydroxylation is 1. The average Bonchev–Trinajstić information content (AvgIpc) is 2.75. The Kier molecular flexibility index (Phi) is 4.46. The van der Waals surface area contributed by atoms with E-state index in [1.165, 1.54) is 35.1 Å². The lowest BCUT2D eigenvalue weighted by Gasteiger charge is -2.21. The van der Waals surface area contributed by atoms with Crippen LogP contribution in [-0.4, -0.2) is 25.7 Å². The van der Waals surface area contributed by atoms with Gasteiger partial charge in [0.15, 0.2) is 0 Å². The van der Waals surface area contributed by atoms with Crippen LogP contribution in [0, 0.1) is 6.92 Å². The van der Waals surface area contributed by atoms with Crippen molar-refractivity contribution in [3.8, 4) is 0 Å². The third-order valence-corrected chi connectivity index (χ3v) is 3.86. The minimum absolute atomic E-state index is 0.665. The molecule has 0 spiro atoms. The molecule has 1 unspecified atom stereocenters. The van der Waals surface area contributed by atoms with Crippen LogP contribution in [0.15, 0.2) is 22.7 Å². The van der Waals surface area contributed by atoms with Crippen molar-refractivity contribution < 1.29 is 0 Å². The van der Waals surface area contributed by atoms with Gasteiger partial charge in [0.2, 0.25) is 0 Å². The first-order valence-corrected chi connectivity index (χ1v) is 7.24. The molecule has 1 N–H and O–H groups in total. The van der Waals surface area contributed by atoms with Crippen LogP contribution < -0.4 is 10.2 Å².